The molecule has 3 aromatic rings. The van der Waals surface area contributed by atoms with Gasteiger partial charge in [-0.05, 0) is 30.3 Å². The summed E-state index contributed by atoms with van der Waals surface area (Å²) in [5, 5.41) is 7.33. The van der Waals surface area contributed by atoms with E-state index in [-0.39, 0.29) is 11.9 Å². The topological polar surface area (TPSA) is 68.1 Å². The summed E-state index contributed by atoms with van der Waals surface area (Å²) in [6.45, 7) is 3.18. The molecule has 0 saturated carbocycles. The minimum Gasteiger partial charge on any atom is -0.369 e. The quantitative estimate of drug-likeness (QED) is 0.747. The minimum atomic E-state index is -0.362. The maximum Gasteiger partial charge on any atom is 0.141 e. The summed E-state index contributed by atoms with van der Waals surface area (Å²) in [5.41, 5.74) is 2.86. The molecule has 27 heavy (non-hydrogen) atoms. The summed E-state index contributed by atoms with van der Waals surface area (Å²) < 4.78 is 20.7. The third-order valence-corrected chi connectivity index (χ3v) is 4.57. The molecule has 4 rings (SSSR count). The van der Waals surface area contributed by atoms with Crippen molar-refractivity contribution in [3.63, 3.8) is 0 Å². The number of hydrogen-bond donors (Lipinski definition) is 1. The highest BCUT2D eigenvalue weighted by Crippen LogP contribution is 2.23. The van der Waals surface area contributed by atoms with Crippen molar-refractivity contribution in [1.29, 1.82) is 0 Å². The number of aryl methyl sites for hydroxylation is 1. The summed E-state index contributed by atoms with van der Waals surface area (Å²) in [6.07, 6.45) is 4.67. The van der Waals surface area contributed by atoms with Crippen LogP contribution in [0.3, 0.4) is 0 Å². The standard InChI is InChI=1S/C19H21FN6O/c1-25-16(6-7-23-25)12-26-8-9-27-18(13-26)17-4-3-15(11-21-17)24-19-5-2-14(20)10-22-19/h2-7,10-11,18H,8-9,12-13H2,1H3,(H,22,24)/t18-/m0/s1. The predicted molar refractivity (Wildman–Crippen MR) is 98.9 cm³/mol. The Morgan fingerprint density at radius 1 is 1.19 bits per heavy atom. The molecular weight excluding hydrogens is 347 g/mol. The number of ether oxygens (including phenoxy) is 1. The molecule has 1 saturated heterocycles. The maximum absolute atomic E-state index is 12.9. The Morgan fingerprint density at radius 3 is 2.81 bits per heavy atom. The molecule has 0 amide bonds. The van der Waals surface area contributed by atoms with Crippen LogP contribution in [-0.4, -0.2) is 44.3 Å². The monoisotopic (exact) mass is 368 g/mol. The molecule has 1 aliphatic heterocycles. The summed E-state index contributed by atoms with van der Waals surface area (Å²) >= 11 is 0. The number of nitrogens with one attached hydrogen (secondary N) is 1. The summed E-state index contributed by atoms with van der Waals surface area (Å²) in [7, 11) is 1.95. The van der Waals surface area contributed by atoms with E-state index in [1.807, 2.05) is 36.1 Å². The van der Waals surface area contributed by atoms with Gasteiger partial charge in [0.15, 0.2) is 0 Å². The van der Waals surface area contributed by atoms with Gasteiger partial charge >= 0.3 is 0 Å². The number of halogens is 1. The molecule has 0 spiro atoms. The SMILES string of the molecule is Cn1nccc1CN1CCO[C@H](c2ccc(Nc3ccc(F)cn3)cn2)C1. The zero-order valence-corrected chi connectivity index (χ0v) is 15.0. The van der Waals surface area contributed by atoms with Gasteiger partial charge in [0, 0.05) is 32.9 Å². The first kappa shape index (κ1) is 17.6. The number of nitrogens with zero attached hydrogens (tertiary/aromatic N) is 5. The first-order valence-corrected chi connectivity index (χ1v) is 8.83. The Balaban J connectivity index is 1.39. The summed E-state index contributed by atoms with van der Waals surface area (Å²) in [4.78, 5) is 10.9. The van der Waals surface area contributed by atoms with Crippen LogP contribution in [0.4, 0.5) is 15.9 Å². The van der Waals surface area contributed by atoms with Crippen LogP contribution in [0.25, 0.3) is 0 Å². The second kappa shape index (κ2) is 7.81. The Morgan fingerprint density at radius 2 is 2.11 bits per heavy atom. The lowest BCUT2D eigenvalue weighted by Gasteiger charge is -2.32. The van der Waals surface area contributed by atoms with Crippen molar-refractivity contribution in [2.75, 3.05) is 25.0 Å². The second-order valence-corrected chi connectivity index (χ2v) is 6.50. The van der Waals surface area contributed by atoms with Crippen LogP contribution in [0.15, 0.2) is 48.9 Å². The molecule has 4 heterocycles. The average Bonchev–Trinajstić information content (AvgIpc) is 3.09. The van der Waals surface area contributed by atoms with Crippen molar-refractivity contribution >= 4 is 11.5 Å². The molecule has 3 aromatic heterocycles. The van der Waals surface area contributed by atoms with E-state index in [2.05, 4.69) is 25.3 Å². The maximum atomic E-state index is 12.9. The third-order valence-electron chi connectivity index (χ3n) is 4.57. The fourth-order valence-corrected chi connectivity index (χ4v) is 3.08. The average molecular weight is 368 g/mol. The number of morpholine rings is 1. The van der Waals surface area contributed by atoms with Crippen molar-refractivity contribution in [3.8, 4) is 0 Å². The van der Waals surface area contributed by atoms with Gasteiger partial charge in [-0.25, -0.2) is 9.37 Å². The van der Waals surface area contributed by atoms with Gasteiger partial charge in [0.25, 0.3) is 0 Å². The fraction of sp³-hybridized carbons (Fsp3) is 0.316. The smallest absolute Gasteiger partial charge is 0.141 e. The van der Waals surface area contributed by atoms with Crippen molar-refractivity contribution in [2.45, 2.75) is 12.6 Å². The van der Waals surface area contributed by atoms with E-state index in [1.165, 1.54) is 18.0 Å². The van der Waals surface area contributed by atoms with Gasteiger partial charge in [-0.15, -0.1) is 0 Å². The third kappa shape index (κ3) is 4.29. The zero-order chi connectivity index (χ0) is 18.6. The number of anilines is 2. The zero-order valence-electron chi connectivity index (χ0n) is 15.0. The van der Waals surface area contributed by atoms with Crippen LogP contribution in [0, 0.1) is 5.82 Å². The molecule has 0 aliphatic carbocycles. The van der Waals surface area contributed by atoms with Gasteiger partial charge in [-0.2, -0.15) is 5.10 Å². The van der Waals surface area contributed by atoms with E-state index in [1.54, 1.807) is 12.3 Å². The normalized spacial score (nSPS) is 17.8. The molecule has 1 N–H and O–H groups in total. The van der Waals surface area contributed by atoms with Crippen LogP contribution in [0.1, 0.15) is 17.5 Å². The lowest BCUT2D eigenvalue weighted by Crippen LogP contribution is -2.38. The number of rotatable bonds is 5. The minimum absolute atomic E-state index is 0.0648. The largest absolute Gasteiger partial charge is 0.369 e. The first-order valence-electron chi connectivity index (χ1n) is 8.83. The van der Waals surface area contributed by atoms with Gasteiger partial charge in [-0.1, -0.05) is 0 Å². The Kier molecular flexibility index (Phi) is 5.08. The van der Waals surface area contributed by atoms with E-state index in [0.29, 0.717) is 12.4 Å². The molecule has 1 aliphatic rings. The van der Waals surface area contributed by atoms with E-state index in [4.69, 9.17) is 4.74 Å². The highest BCUT2D eigenvalue weighted by atomic mass is 19.1. The molecule has 140 valence electrons. The predicted octanol–water partition coefficient (Wildman–Crippen LogP) is 2.67. The van der Waals surface area contributed by atoms with Crippen molar-refractivity contribution in [1.82, 2.24) is 24.6 Å². The van der Waals surface area contributed by atoms with E-state index >= 15 is 0 Å². The molecule has 0 unspecified atom stereocenters. The fourth-order valence-electron chi connectivity index (χ4n) is 3.08. The van der Waals surface area contributed by atoms with Crippen molar-refractivity contribution in [2.24, 2.45) is 7.05 Å². The highest BCUT2D eigenvalue weighted by molar-refractivity contribution is 5.54. The lowest BCUT2D eigenvalue weighted by atomic mass is 10.1. The van der Waals surface area contributed by atoms with Crippen LogP contribution in [-0.2, 0) is 18.3 Å². The Bertz CT molecular complexity index is 880. The van der Waals surface area contributed by atoms with Crippen LogP contribution >= 0.6 is 0 Å². The molecule has 8 heteroatoms. The van der Waals surface area contributed by atoms with E-state index in [0.717, 1.165) is 31.0 Å². The van der Waals surface area contributed by atoms with E-state index in [9.17, 15) is 4.39 Å². The summed E-state index contributed by atoms with van der Waals surface area (Å²) in [5.74, 6) is 0.210. The molecular formula is C19H21FN6O. The van der Waals surface area contributed by atoms with Crippen LogP contribution < -0.4 is 5.32 Å². The molecule has 1 atom stereocenters. The van der Waals surface area contributed by atoms with Crippen LogP contribution in [0.2, 0.25) is 0 Å². The van der Waals surface area contributed by atoms with Gasteiger partial charge in [0.2, 0.25) is 0 Å². The van der Waals surface area contributed by atoms with Crippen molar-refractivity contribution < 1.29 is 9.13 Å². The van der Waals surface area contributed by atoms with Gasteiger partial charge in [-0.3, -0.25) is 14.6 Å². The Hall–Kier alpha value is -2.84. The number of pyridine rings is 2. The second-order valence-electron chi connectivity index (χ2n) is 6.50. The first-order chi connectivity index (χ1) is 13.2. The van der Waals surface area contributed by atoms with E-state index < -0.39 is 0 Å². The van der Waals surface area contributed by atoms with Gasteiger partial charge < -0.3 is 10.1 Å². The van der Waals surface area contributed by atoms with Crippen LogP contribution in [0.5, 0.6) is 0 Å². The number of aromatic nitrogens is 4. The molecule has 0 aromatic carbocycles. The van der Waals surface area contributed by atoms with Crippen molar-refractivity contribution in [3.05, 3.63) is 66.1 Å². The molecule has 1 fully saturated rings. The molecule has 7 nitrogen and oxygen atoms in total. The lowest BCUT2D eigenvalue weighted by molar-refractivity contribution is -0.0356. The summed E-state index contributed by atoms with van der Waals surface area (Å²) in [6, 6.07) is 8.86. The molecule has 0 radical (unpaired) electrons. The Labute approximate surface area is 156 Å². The highest BCUT2D eigenvalue weighted by Gasteiger charge is 2.23. The molecule has 0 bridgehead atoms. The van der Waals surface area contributed by atoms with Gasteiger partial charge in [0.1, 0.15) is 17.7 Å². The number of hydrogen-bond acceptors (Lipinski definition) is 6. The van der Waals surface area contributed by atoms with Gasteiger partial charge in [0.05, 0.1) is 36.1 Å².